The van der Waals surface area contributed by atoms with Crippen molar-refractivity contribution in [2.24, 2.45) is 5.84 Å². The molecule has 6 nitrogen and oxygen atoms in total. The summed E-state index contributed by atoms with van der Waals surface area (Å²) < 4.78 is 1.41. The van der Waals surface area contributed by atoms with Gasteiger partial charge in [0.2, 0.25) is 5.91 Å². The van der Waals surface area contributed by atoms with Crippen LogP contribution in [0.25, 0.3) is 10.2 Å². The van der Waals surface area contributed by atoms with Gasteiger partial charge in [0.25, 0.3) is 5.56 Å². The number of thiophene rings is 1. The van der Waals surface area contributed by atoms with Gasteiger partial charge in [0.05, 0.1) is 11.7 Å². The first-order valence-electron chi connectivity index (χ1n) is 4.64. The van der Waals surface area contributed by atoms with E-state index in [0.717, 1.165) is 0 Å². The minimum atomic E-state index is -0.308. The molecule has 0 aliphatic rings. The molecule has 16 heavy (non-hydrogen) atoms. The maximum atomic E-state index is 11.9. The standard InChI is InChI=1S/C9H10N4O2S/c10-12-7(14)1-3-13-5-11-8-6(9(13)15)2-4-16-8/h2,4-5H,1,3,10H2,(H,12,14). The third kappa shape index (κ3) is 1.95. The second-order valence-corrected chi connectivity index (χ2v) is 4.09. The number of rotatable bonds is 3. The lowest BCUT2D eigenvalue weighted by molar-refractivity contribution is -0.121. The Balaban J connectivity index is 2.28. The molecule has 7 heteroatoms. The Morgan fingerprint density at radius 2 is 2.44 bits per heavy atom. The van der Waals surface area contributed by atoms with E-state index in [1.54, 1.807) is 6.07 Å². The topological polar surface area (TPSA) is 90.0 Å². The Bertz CT molecular complexity index is 574. The van der Waals surface area contributed by atoms with Crippen LogP contribution < -0.4 is 16.8 Å². The number of hydrogen-bond donors (Lipinski definition) is 2. The molecule has 0 aromatic carbocycles. The van der Waals surface area contributed by atoms with Crippen LogP contribution in [-0.2, 0) is 11.3 Å². The molecule has 2 heterocycles. The molecule has 0 saturated heterocycles. The summed E-state index contributed by atoms with van der Waals surface area (Å²) in [7, 11) is 0. The Morgan fingerprint density at radius 3 is 3.19 bits per heavy atom. The molecule has 0 fully saturated rings. The lowest BCUT2D eigenvalue weighted by Gasteiger charge is -2.03. The van der Waals surface area contributed by atoms with E-state index in [-0.39, 0.29) is 24.4 Å². The minimum Gasteiger partial charge on any atom is -0.298 e. The van der Waals surface area contributed by atoms with Gasteiger partial charge in [-0.05, 0) is 11.4 Å². The number of hydrazine groups is 1. The van der Waals surface area contributed by atoms with Crippen molar-refractivity contribution in [2.75, 3.05) is 0 Å². The van der Waals surface area contributed by atoms with E-state index in [1.165, 1.54) is 22.2 Å². The second kappa shape index (κ2) is 4.42. The molecule has 2 aromatic rings. The van der Waals surface area contributed by atoms with Crippen LogP contribution in [0.4, 0.5) is 0 Å². The fraction of sp³-hybridized carbons (Fsp3) is 0.222. The summed E-state index contributed by atoms with van der Waals surface area (Å²) in [4.78, 5) is 27.6. The van der Waals surface area contributed by atoms with Crippen molar-refractivity contribution in [1.82, 2.24) is 15.0 Å². The molecule has 3 N–H and O–H groups in total. The van der Waals surface area contributed by atoms with Crippen LogP contribution in [0.5, 0.6) is 0 Å². The second-order valence-electron chi connectivity index (χ2n) is 3.20. The zero-order valence-electron chi connectivity index (χ0n) is 8.34. The average Bonchev–Trinajstić information content (AvgIpc) is 2.76. The molecule has 0 aliphatic heterocycles. The molecule has 2 rings (SSSR count). The van der Waals surface area contributed by atoms with Crippen LogP contribution in [0.3, 0.4) is 0 Å². The molecular formula is C9H10N4O2S. The SMILES string of the molecule is NNC(=O)CCn1cnc2sccc2c1=O. The number of aryl methyl sites for hydroxylation is 1. The Labute approximate surface area is 94.7 Å². The predicted molar refractivity (Wildman–Crippen MR) is 60.8 cm³/mol. The van der Waals surface area contributed by atoms with Crippen molar-refractivity contribution in [3.63, 3.8) is 0 Å². The smallest absolute Gasteiger partial charge is 0.262 e. The average molecular weight is 238 g/mol. The van der Waals surface area contributed by atoms with Crippen LogP contribution in [0, 0.1) is 0 Å². The van der Waals surface area contributed by atoms with Crippen molar-refractivity contribution in [1.29, 1.82) is 0 Å². The Morgan fingerprint density at radius 1 is 1.62 bits per heavy atom. The van der Waals surface area contributed by atoms with Crippen LogP contribution >= 0.6 is 11.3 Å². The largest absolute Gasteiger partial charge is 0.298 e. The first-order chi connectivity index (χ1) is 7.72. The van der Waals surface area contributed by atoms with Crippen LogP contribution in [0.1, 0.15) is 6.42 Å². The van der Waals surface area contributed by atoms with Gasteiger partial charge in [-0.2, -0.15) is 0 Å². The van der Waals surface area contributed by atoms with Gasteiger partial charge in [-0.25, -0.2) is 10.8 Å². The zero-order valence-corrected chi connectivity index (χ0v) is 9.16. The van der Waals surface area contributed by atoms with Gasteiger partial charge in [-0.3, -0.25) is 19.6 Å². The third-order valence-electron chi connectivity index (χ3n) is 2.19. The normalized spacial score (nSPS) is 10.6. The molecule has 2 aromatic heterocycles. The molecule has 0 unspecified atom stereocenters. The summed E-state index contributed by atoms with van der Waals surface area (Å²) in [6.07, 6.45) is 1.61. The number of carbonyl (C=O) groups excluding carboxylic acids is 1. The first kappa shape index (κ1) is 10.8. The summed E-state index contributed by atoms with van der Waals surface area (Å²) in [5.41, 5.74) is 1.89. The molecule has 0 saturated carbocycles. The molecule has 0 atom stereocenters. The Kier molecular flexibility index (Phi) is 2.97. The Hall–Kier alpha value is -1.73. The number of nitrogens with two attached hydrogens (primary N) is 1. The van der Waals surface area contributed by atoms with Crippen molar-refractivity contribution in [3.05, 3.63) is 28.1 Å². The van der Waals surface area contributed by atoms with Crippen molar-refractivity contribution < 1.29 is 4.79 Å². The van der Waals surface area contributed by atoms with Crippen LogP contribution in [0.2, 0.25) is 0 Å². The highest BCUT2D eigenvalue weighted by Crippen LogP contribution is 2.13. The maximum absolute atomic E-state index is 11.9. The van der Waals surface area contributed by atoms with E-state index in [2.05, 4.69) is 4.98 Å². The fourth-order valence-corrected chi connectivity index (χ4v) is 2.07. The fourth-order valence-electron chi connectivity index (χ4n) is 1.35. The number of nitrogens with zero attached hydrogens (tertiary/aromatic N) is 2. The van der Waals surface area contributed by atoms with Gasteiger partial charge in [-0.1, -0.05) is 0 Å². The van der Waals surface area contributed by atoms with E-state index >= 15 is 0 Å². The number of fused-ring (bicyclic) bond motifs is 1. The van der Waals surface area contributed by atoms with E-state index in [0.29, 0.717) is 10.2 Å². The summed E-state index contributed by atoms with van der Waals surface area (Å²) in [6, 6.07) is 1.73. The number of aromatic nitrogens is 2. The monoisotopic (exact) mass is 238 g/mol. The highest BCUT2D eigenvalue weighted by atomic mass is 32.1. The van der Waals surface area contributed by atoms with E-state index in [4.69, 9.17) is 5.84 Å². The van der Waals surface area contributed by atoms with E-state index in [9.17, 15) is 9.59 Å². The zero-order chi connectivity index (χ0) is 11.5. The van der Waals surface area contributed by atoms with Crippen molar-refractivity contribution >= 4 is 27.5 Å². The number of amides is 1. The van der Waals surface area contributed by atoms with E-state index < -0.39 is 0 Å². The summed E-state index contributed by atoms with van der Waals surface area (Å²) in [5, 5.41) is 2.40. The summed E-state index contributed by atoms with van der Waals surface area (Å²) >= 11 is 1.42. The molecule has 1 amide bonds. The van der Waals surface area contributed by atoms with E-state index in [1.807, 2.05) is 10.8 Å². The van der Waals surface area contributed by atoms with Gasteiger partial charge >= 0.3 is 0 Å². The summed E-state index contributed by atoms with van der Waals surface area (Å²) in [5.74, 6) is 4.64. The lowest BCUT2D eigenvalue weighted by Crippen LogP contribution is -2.32. The highest BCUT2D eigenvalue weighted by Gasteiger charge is 2.06. The van der Waals surface area contributed by atoms with Gasteiger partial charge in [0.1, 0.15) is 4.83 Å². The predicted octanol–water partition coefficient (Wildman–Crippen LogP) is -0.162. The quantitative estimate of drug-likeness (QED) is 0.441. The van der Waals surface area contributed by atoms with Gasteiger partial charge < -0.3 is 0 Å². The van der Waals surface area contributed by atoms with Crippen molar-refractivity contribution in [2.45, 2.75) is 13.0 Å². The van der Waals surface area contributed by atoms with Gasteiger partial charge in [-0.15, -0.1) is 11.3 Å². The maximum Gasteiger partial charge on any atom is 0.262 e. The van der Waals surface area contributed by atoms with Crippen molar-refractivity contribution in [3.8, 4) is 0 Å². The number of hydrogen-bond acceptors (Lipinski definition) is 5. The third-order valence-corrected chi connectivity index (χ3v) is 3.01. The molecule has 0 bridgehead atoms. The van der Waals surface area contributed by atoms with Gasteiger partial charge in [0.15, 0.2) is 0 Å². The highest BCUT2D eigenvalue weighted by molar-refractivity contribution is 7.16. The molecule has 0 spiro atoms. The molecule has 84 valence electrons. The van der Waals surface area contributed by atoms with Crippen LogP contribution in [0.15, 0.2) is 22.6 Å². The number of carbonyl (C=O) groups is 1. The van der Waals surface area contributed by atoms with Gasteiger partial charge in [0, 0.05) is 13.0 Å². The first-order valence-corrected chi connectivity index (χ1v) is 5.52. The lowest BCUT2D eigenvalue weighted by atomic mass is 10.3. The minimum absolute atomic E-state index is 0.129. The number of nitrogens with one attached hydrogen (secondary N) is 1. The molecule has 0 aliphatic carbocycles. The van der Waals surface area contributed by atoms with Crippen LogP contribution in [-0.4, -0.2) is 15.5 Å². The molecular weight excluding hydrogens is 228 g/mol. The molecule has 0 radical (unpaired) electrons. The summed E-state index contributed by atoms with van der Waals surface area (Å²) in [6.45, 7) is 0.278.